The van der Waals surface area contributed by atoms with Crippen LogP contribution in [0.15, 0.2) is 24.4 Å². The quantitative estimate of drug-likeness (QED) is 0.514. The minimum absolute atomic E-state index is 0.135. The number of amides is 1. The number of alkyl halides is 3. The number of nitrogens with one attached hydrogen (secondary N) is 2. The monoisotopic (exact) mass is 489 g/mol. The molecular weight excluding hydrogens is 455 g/mol. The third-order valence-electron chi connectivity index (χ3n) is 9.10. The first-order valence-corrected chi connectivity index (χ1v) is 13.1. The van der Waals surface area contributed by atoms with Gasteiger partial charge in [-0.05, 0) is 92.7 Å². The van der Waals surface area contributed by atoms with Crippen LogP contribution in [-0.2, 0) is 4.79 Å². The second-order valence-corrected chi connectivity index (χ2v) is 11.5. The van der Waals surface area contributed by atoms with E-state index in [1.807, 2.05) is 24.4 Å². The van der Waals surface area contributed by atoms with E-state index in [1.54, 1.807) is 4.90 Å². The number of carbonyl (C=O) groups is 1. The largest absolute Gasteiger partial charge is 0.494 e. The molecule has 2 aromatic rings. The van der Waals surface area contributed by atoms with Crippen LogP contribution in [0.25, 0.3) is 10.9 Å². The van der Waals surface area contributed by atoms with Gasteiger partial charge in [-0.25, -0.2) is 0 Å². The molecule has 35 heavy (non-hydrogen) atoms. The lowest BCUT2D eigenvalue weighted by Gasteiger charge is -2.45. The van der Waals surface area contributed by atoms with E-state index in [1.165, 1.54) is 19.3 Å². The lowest BCUT2D eigenvalue weighted by molar-refractivity contribution is -0.144. The molecule has 0 spiro atoms. The molecule has 1 unspecified atom stereocenters. The van der Waals surface area contributed by atoms with E-state index in [0.29, 0.717) is 43.4 Å². The topological polar surface area (TPSA) is 57.4 Å². The first-order chi connectivity index (χ1) is 16.8. The van der Waals surface area contributed by atoms with Crippen molar-refractivity contribution < 1.29 is 22.7 Å². The van der Waals surface area contributed by atoms with Crippen LogP contribution >= 0.6 is 0 Å². The van der Waals surface area contributed by atoms with E-state index in [4.69, 9.17) is 4.74 Å². The number of aromatic nitrogens is 1. The highest BCUT2D eigenvalue weighted by atomic mass is 19.4. The molecule has 4 aliphatic carbocycles. The Morgan fingerprint density at radius 1 is 1.09 bits per heavy atom. The van der Waals surface area contributed by atoms with E-state index in [9.17, 15) is 18.0 Å². The summed E-state index contributed by atoms with van der Waals surface area (Å²) in [6.07, 6.45) is 5.26. The summed E-state index contributed by atoms with van der Waals surface area (Å²) in [5, 5.41) is 4.11. The molecule has 190 valence electrons. The molecule has 5 fully saturated rings. The number of H-pyrrole nitrogens is 1. The van der Waals surface area contributed by atoms with Crippen LogP contribution in [0.5, 0.6) is 5.75 Å². The average molecular weight is 490 g/mol. The van der Waals surface area contributed by atoms with Crippen molar-refractivity contribution >= 4 is 22.5 Å². The van der Waals surface area contributed by atoms with Crippen LogP contribution in [0.4, 0.5) is 18.9 Å². The summed E-state index contributed by atoms with van der Waals surface area (Å²) in [5.41, 5.74) is 1.77. The fourth-order valence-corrected chi connectivity index (χ4v) is 7.35. The Labute approximate surface area is 203 Å². The maximum atomic E-state index is 12.9. The van der Waals surface area contributed by atoms with E-state index in [2.05, 4.69) is 10.3 Å². The molecule has 5 nitrogen and oxygen atoms in total. The number of nitrogens with zero attached hydrogens (tertiary/aromatic N) is 1. The highest BCUT2D eigenvalue weighted by Gasteiger charge is 2.44. The molecule has 1 saturated heterocycles. The molecule has 1 aromatic carbocycles. The fraction of sp³-hybridized carbons (Fsp3) is 0.667. The van der Waals surface area contributed by atoms with Crippen molar-refractivity contribution in [3.8, 4) is 5.75 Å². The zero-order valence-electron chi connectivity index (χ0n) is 19.9. The van der Waals surface area contributed by atoms with Gasteiger partial charge in [0.05, 0.1) is 18.8 Å². The molecule has 8 heteroatoms. The number of anilines is 1. The van der Waals surface area contributed by atoms with Crippen molar-refractivity contribution in [3.63, 3.8) is 0 Å². The Kier molecular flexibility index (Phi) is 5.98. The summed E-state index contributed by atoms with van der Waals surface area (Å²) in [6.45, 7) is 0.962. The summed E-state index contributed by atoms with van der Waals surface area (Å²) < 4.78 is 44.1. The van der Waals surface area contributed by atoms with Gasteiger partial charge >= 0.3 is 6.18 Å². The van der Waals surface area contributed by atoms with E-state index >= 15 is 0 Å². The van der Waals surface area contributed by atoms with Gasteiger partial charge in [0.25, 0.3) is 0 Å². The number of halogens is 3. The summed E-state index contributed by atoms with van der Waals surface area (Å²) in [5.74, 6) is 3.76. The second kappa shape index (κ2) is 9.02. The zero-order valence-corrected chi connectivity index (χ0v) is 19.9. The van der Waals surface area contributed by atoms with Crippen LogP contribution in [0.2, 0.25) is 0 Å². The van der Waals surface area contributed by atoms with Gasteiger partial charge in [0.15, 0.2) is 0 Å². The van der Waals surface area contributed by atoms with Gasteiger partial charge in [0.1, 0.15) is 5.75 Å². The van der Waals surface area contributed by atoms with Crippen LogP contribution in [0, 0.1) is 35.5 Å². The highest BCUT2D eigenvalue weighted by molar-refractivity contribution is 6.02. The van der Waals surface area contributed by atoms with Crippen LogP contribution in [0.3, 0.4) is 0 Å². The Morgan fingerprint density at radius 2 is 1.86 bits per heavy atom. The number of fused-ring (bicyclic) bond motifs is 4. The molecule has 4 saturated carbocycles. The molecule has 1 aliphatic heterocycles. The summed E-state index contributed by atoms with van der Waals surface area (Å²) in [4.78, 5) is 17.7. The fourth-order valence-electron chi connectivity index (χ4n) is 7.35. The third-order valence-corrected chi connectivity index (χ3v) is 9.10. The van der Waals surface area contributed by atoms with Gasteiger partial charge in [-0.3, -0.25) is 9.69 Å². The molecule has 5 aliphatic rings. The van der Waals surface area contributed by atoms with Crippen molar-refractivity contribution in [1.29, 1.82) is 0 Å². The molecule has 1 amide bonds. The minimum atomic E-state index is -4.11. The van der Waals surface area contributed by atoms with Crippen LogP contribution in [-0.4, -0.2) is 48.2 Å². The van der Waals surface area contributed by atoms with Crippen molar-refractivity contribution in [2.45, 2.75) is 51.1 Å². The van der Waals surface area contributed by atoms with Crippen molar-refractivity contribution in [2.75, 3.05) is 31.6 Å². The van der Waals surface area contributed by atoms with Crippen LogP contribution < -0.4 is 10.1 Å². The number of benzene rings is 1. The molecule has 2 bridgehead atoms. The Morgan fingerprint density at radius 3 is 2.54 bits per heavy atom. The maximum absolute atomic E-state index is 12.9. The number of likely N-dealkylation sites (tertiary alicyclic amines) is 1. The van der Waals surface area contributed by atoms with Crippen molar-refractivity contribution in [1.82, 2.24) is 9.88 Å². The first-order valence-electron chi connectivity index (χ1n) is 13.1. The summed E-state index contributed by atoms with van der Waals surface area (Å²) in [6, 6.07) is 5.91. The molecule has 7 rings (SSSR count). The maximum Gasteiger partial charge on any atom is 0.401 e. The van der Waals surface area contributed by atoms with Gasteiger partial charge in [-0.15, -0.1) is 0 Å². The summed E-state index contributed by atoms with van der Waals surface area (Å²) >= 11 is 0. The lowest BCUT2D eigenvalue weighted by Crippen LogP contribution is -2.42. The molecule has 4 atom stereocenters. The first kappa shape index (κ1) is 23.2. The molecule has 2 N–H and O–H groups in total. The zero-order chi connectivity index (χ0) is 24.2. The SMILES string of the molecule is O=C(Nc1c[nH]c2ccc(OCCC3C[C@@H]4CN(CC(F)(F)F)C[C@@H]4C3)cc12)[C@@H]1CCC2CC1C2. The minimum Gasteiger partial charge on any atom is -0.494 e. The van der Waals surface area contributed by atoms with Gasteiger partial charge in [-0.2, -0.15) is 13.2 Å². The molecule has 0 radical (unpaired) electrons. The smallest absolute Gasteiger partial charge is 0.401 e. The molecule has 1 aromatic heterocycles. The standard InChI is InChI=1S/C27H34F3N3O2/c28-27(29,30)15-33-13-19-9-17(10-20(19)14-33)5-6-35-21-2-4-24-23(11-21)25(12-31-24)32-26(34)22-3-1-16-7-18(22)8-16/h2,4,11-12,16-20,22,31H,1,3,5-10,13-15H2,(H,32,34)/t16?,17?,18?,19-,20+,22-/m1/s1. The van der Waals surface area contributed by atoms with Crippen LogP contribution in [0.1, 0.15) is 44.9 Å². The van der Waals surface area contributed by atoms with Gasteiger partial charge in [0.2, 0.25) is 5.91 Å². The average Bonchev–Trinajstić information content (AvgIpc) is 3.45. The predicted molar refractivity (Wildman–Crippen MR) is 128 cm³/mol. The van der Waals surface area contributed by atoms with Gasteiger partial charge in [-0.1, -0.05) is 0 Å². The third kappa shape index (κ3) is 4.91. The van der Waals surface area contributed by atoms with Crippen molar-refractivity contribution in [2.24, 2.45) is 35.5 Å². The normalized spacial score (nSPS) is 32.4. The number of hydrogen-bond acceptors (Lipinski definition) is 3. The molecular formula is C27H34F3N3O2. The second-order valence-electron chi connectivity index (χ2n) is 11.5. The molecule has 2 heterocycles. The number of rotatable bonds is 7. The van der Waals surface area contributed by atoms with E-state index in [-0.39, 0.29) is 11.8 Å². The predicted octanol–water partition coefficient (Wildman–Crippen LogP) is 5.83. The Hall–Kier alpha value is -2.22. The highest BCUT2D eigenvalue weighted by Crippen LogP contribution is 2.49. The Bertz CT molecular complexity index is 1060. The van der Waals surface area contributed by atoms with E-state index < -0.39 is 12.7 Å². The van der Waals surface area contributed by atoms with Crippen molar-refractivity contribution in [3.05, 3.63) is 24.4 Å². The Balaban J connectivity index is 1.00. The number of carbonyl (C=O) groups excluding carboxylic acids is 1. The van der Waals surface area contributed by atoms with Gasteiger partial charge < -0.3 is 15.0 Å². The lowest BCUT2D eigenvalue weighted by atomic mass is 9.60. The number of hydrogen-bond donors (Lipinski definition) is 2. The summed E-state index contributed by atoms with van der Waals surface area (Å²) in [7, 11) is 0. The number of ether oxygens (including phenoxy) is 1. The number of aromatic amines is 1. The van der Waals surface area contributed by atoms with E-state index in [0.717, 1.165) is 53.9 Å². The van der Waals surface area contributed by atoms with Gasteiger partial charge in [0, 0.05) is 36.1 Å².